The molecule has 0 atom stereocenters. The number of hydrogen-bond acceptors (Lipinski definition) is 2. The van der Waals surface area contributed by atoms with Crippen LogP contribution in [-0.2, 0) is 16.0 Å². The molecule has 0 aliphatic rings. The zero-order valence-corrected chi connectivity index (χ0v) is 11.1. The molecule has 0 saturated carbocycles. The SMILES string of the molecule is CCc1ccccc1NC(=O)C(=O)N(C)CC(F)(F)F. The molecular weight excluding hydrogens is 273 g/mol. The van der Waals surface area contributed by atoms with Gasteiger partial charge in [-0.1, -0.05) is 25.1 Å². The van der Waals surface area contributed by atoms with Crippen LogP contribution in [0.1, 0.15) is 12.5 Å². The predicted octanol–water partition coefficient (Wildman–Crippen LogP) is 2.21. The van der Waals surface area contributed by atoms with E-state index < -0.39 is 24.5 Å². The molecule has 0 aliphatic heterocycles. The number of halogens is 3. The van der Waals surface area contributed by atoms with Crippen LogP contribution in [0, 0.1) is 0 Å². The monoisotopic (exact) mass is 288 g/mol. The van der Waals surface area contributed by atoms with E-state index in [1.807, 2.05) is 6.92 Å². The van der Waals surface area contributed by atoms with Gasteiger partial charge in [-0.15, -0.1) is 0 Å². The van der Waals surface area contributed by atoms with Crippen LogP contribution in [0.3, 0.4) is 0 Å². The first kappa shape index (κ1) is 16.0. The second kappa shape index (κ2) is 6.40. The second-order valence-corrected chi connectivity index (χ2v) is 4.24. The third-order valence-electron chi connectivity index (χ3n) is 2.60. The van der Waals surface area contributed by atoms with E-state index in [0.717, 1.165) is 12.6 Å². The lowest BCUT2D eigenvalue weighted by atomic mass is 10.1. The second-order valence-electron chi connectivity index (χ2n) is 4.24. The number of likely N-dealkylation sites (N-methyl/N-ethyl adjacent to an activating group) is 1. The summed E-state index contributed by atoms with van der Waals surface area (Å²) >= 11 is 0. The first-order valence-corrected chi connectivity index (χ1v) is 5.95. The summed E-state index contributed by atoms with van der Waals surface area (Å²) in [5.74, 6) is -2.31. The van der Waals surface area contributed by atoms with Crippen LogP contribution in [0.15, 0.2) is 24.3 Å². The Morgan fingerprint density at radius 1 is 1.25 bits per heavy atom. The summed E-state index contributed by atoms with van der Waals surface area (Å²) in [6.07, 6.45) is -3.91. The van der Waals surface area contributed by atoms with Gasteiger partial charge in [-0.3, -0.25) is 9.59 Å². The molecule has 7 heteroatoms. The Kier molecular flexibility index (Phi) is 5.12. The molecule has 0 fully saturated rings. The van der Waals surface area contributed by atoms with Crippen molar-refractivity contribution >= 4 is 17.5 Å². The molecule has 0 bridgehead atoms. The van der Waals surface area contributed by atoms with Gasteiger partial charge in [0.25, 0.3) is 0 Å². The van der Waals surface area contributed by atoms with Crippen molar-refractivity contribution < 1.29 is 22.8 Å². The Balaban J connectivity index is 2.73. The van der Waals surface area contributed by atoms with Crippen molar-refractivity contribution in [2.24, 2.45) is 0 Å². The van der Waals surface area contributed by atoms with Crippen LogP contribution in [0.5, 0.6) is 0 Å². The Labute approximate surface area is 114 Å². The van der Waals surface area contributed by atoms with E-state index in [1.165, 1.54) is 0 Å². The number of rotatable bonds is 3. The van der Waals surface area contributed by atoms with Crippen molar-refractivity contribution in [3.63, 3.8) is 0 Å². The number of nitrogens with one attached hydrogen (secondary N) is 1. The number of anilines is 1. The number of para-hydroxylation sites is 1. The van der Waals surface area contributed by atoms with E-state index in [2.05, 4.69) is 5.32 Å². The molecule has 0 aliphatic carbocycles. The summed E-state index contributed by atoms with van der Waals surface area (Å²) < 4.78 is 36.4. The molecule has 0 heterocycles. The quantitative estimate of drug-likeness (QED) is 0.867. The van der Waals surface area contributed by atoms with Gasteiger partial charge in [0.15, 0.2) is 0 Å². The Morgan fingerprint density at radius 3 is 2.40 bits per heavy atom. The fourth-order valence-corrected chi connectivity index (χ4v) is 1.64. The first-order chi connectivity index (χ1) is 9.24. The number of carbonyl (C=O) groups excluding carboxylic acids is 2. The average molecular weight is 288 g/mol. The third kappa shape index (κ3) is 4.56. The number of amides is 2. The maximum atomic E-state index is 12.1. The zero-order valence-electron chi connectivity index (χ0n) is 11.1. The van der Waals surface area contributed by atoms with Crippen molar-refractivity contribution in [2.45, 2.75) is 19.5 Å². The molecule has 0 saturated heterocycles. The molecule has 1 aromatic carbocycles. The largest absolute Gasteiger partial charge is 0.406 e. The van der Waals surface area contributed by atoms with Gasteiger partial charge >= 0.3 is 18.0 Å². The van der Waals surface area contributed by atoms with E-state index in [1.54, 1.807) is 24.3 Å². The highest BCUT2D eigenvalue weighted by molar-refractivity contribution is 6.39. The van der Waals surface area contributed by atoms with Gasteiger partial charge in [-0.2, -0.15) is 13.2 Å². The minimum atomic E-state index is -4.54. The molecule has 0 aromatic heterocycles. The standard InChI is InChI=1S/C13H15F3N2O2/c1-3-9-6-4-5-7-10(9)17-11(19)12(20)18(2)8-13(14,15)16/h4-7H,3,8H2,1-2H3,(H,17,19). The van der Waals surface area contributed by atoms with E-state index in [9.17, 15) is 22.8 Å². The summed E-state index contributed by atoms with van der Waals surface area (Å²) in [6, 6.07) is 6.79. The van der Waals surface area contributed by atoms with Gasteiger partial charge < -0.3 is 10.2 Å². The number of benzene rings is 1. The van der Waals surface area contributed by atoms with E-state index in [-0.39, 0.29) is 0 Å². The maximum Gasteiger partial charge on any atom is 0.406 e. The van der Waals surface area contributed by atoms with Crippen LogP contribution in [0.4, 0.5) is 18.9 Å². The molecule has 0 unspecified atom stereocenters. The highest BCUT2D eigenvalue weighted by Crippen LogP contribution is 2.17. The van der Waals surface area contributed by atoms with Crippen molar-refractivity contribution in [1.29, 1.82) is 0 Å². The predicted molar refractivity (Wildman–Crippen MR) is 68.1 cm³/mol. The van der Waals surface area contributed by atoms with Gasteiger partial charge in [0.05, 0.1) is 0 Å². The van der Waals surface area contributed by atoms with Gasteiger partial charge in [-0.05, 0) is 18.1 Å². The lowest BCUT2D eigenvalue weighted by Gasteiger charge is -2.18. The zero-order chi connectivity index (χ0) is 15.3. The number of aryl methyl sites for hydroxylation is 1. The Hall–Kier alpha value is -2.05. The number of nitrogens with zero attached hydrogens (tertiary/aromatic N) is 1. The molecule has 1 aromatic rings. The Bertz CT molecular complexity index is 501. The molecular formula is C13H15F3N2O2. The topological polar surface area (TPSA) is 49.4 Å². The van der Waals surface area contributed by atoms with Gasteiger partial charge in [-0.25, -0.2) is 0 Å². The van der Waals surface area contributed by atoms with Crippen LogP contribution in [-0.4, -0.2) is 36.5 Å². The minimum absolute atomic E-state index is 0.337. The van der Waals surface area contributed by atoms with Crippen LogP contribution in [0.25, 0.3) is 0 Å². The summed E-state index contributed by atoms with van der Waals surface area (Å²) in [4.78, 5) is 23.5. The molecule has 110 valence electrons. The molecule has 1 N–H and O–H groups in total. The first-order valence-electron chi connectivity index (χ1n) is 5.95. The summed E-state index contributed by atoms with van der Waals surface area (Å²) in [6.45, 7) is 0.400. The number of carbonyl (C=O) groups is 2. The lowest BCUT2D eigenvalue weighted by Crippen LogP contribution is -2.42. The fourth-order valence-electron chi connectivity index (χ4n) is 1.64. The fraction of sp³-hybridized carbons (Fsp3) is 0.385. The van der Waals surface area contributed by atoms with Crippen molar-refractivity contribution in [3.8, 4) is 0 Å². The third-order valence-corrected chi connectivity index (χ3v) is 2.60. The molecule has 0 spiro atoms. The summed E-state index contributed by atoms with van der Waals surface area (Å²) in [5, 5.41) is 2.33. The van der Waals surface area contributed by atoms with Crippen molar-refractivity contribution in [1.82, 2.24) is 4.90 Å². The average Bonchev–Trinajstić information content (AvgIpc) is 2.36. The van der Waals surface area contributed by atoms with E-state index >= 15 is 0 Å². The molecule has 1 rings (SSSR count). The lowest BCUT2D eigenvalue weighted by molar-refractivity contribution is -0.161. The Morgan fingerprint density at radius 2 is 1.85 bits per heavy atom. The van der Waals surface area contributed by atoms with E-state index in [0.29, 0.717) is 17.0 Å². The number of alkyl halides is 3. The van der Waals surface area contributed by atoms with Crippen LogP contribution in [0.2, 0.25) is 0 Å². The van der Waals surface area contributed by atoms with Crippen molar-refractivity contribution in [2.75, 3.05) is 18.9 Å². The smallest absolute Gasteiger partial charge is 0.328 e. The van der Waals surface area contributed by atoms with Gasteiger partial charge in [0, 0.05) is 12.7 Å². The molecule has 4 nitrogen and oxygen atoms in total. The number of hydrogen-bond donors (Lipinski definition) is 1. The maximum absolute atomic E-state index is 12.1. The highest BCUT2D eigenvalue weighted by atomic mass is 19.4. The van der Waals surface area contributed by atoms with E-state index in [4.69, 9.17) is 0 Å². The summed E-state index contributed by atoms with van der Waals surface area (Å²) in [7, 11) is 0.932. The summed E-state index contributed by atoms with van der Waals surface area (Å²) in [5.41, 5.74) is 1.22. The van der Waals surface area contributed by atoms with Crippen molar-refractivity contribution in [3.05, 3.63) is 29.8 Å². The minimum Gasteiger partial charge on any atom is -0.328 e. The highest BCUT2D eigenvalue weighted by Gasteiger charge is 2.33. The van der Waals surface area contributed by atoms with Gasteiger partial charge in [0.2, 0.25) is 0 Å². The van der Waals surface area contributed by atoms with Crippen LogP contribution >= 0.6 is 0 Å². The van der Waals surface area contributed by atoms with Gasteiger partial charge in [0.1, 0.15) is 6.54 Å². The normalized spacial score (nSPS) is 11.1. The molecule has 2 amide bonds. The molecule has 20 heavy (non-hydrogen) atoms. The van der Waals surface area contributed by atoms with Crippen LogP contribution < -0.4 is 5.32 Å². The molecule has 0 radical (unpaired) electrons.